The minimum Gasteiger partial charge on any atom is -0.379 e. The molecular formula is C18H27N5O2. The van der Waals surface area contributed by atoms with Crippen molar-refractivity contribution < 1.29 is 9.47 Å². The number of ether oxygens (including phenoxy) is 2. The molecular weight excluding hydrogens is 318 g/mol. The summed E-state index contributed by atoms with van der Waals surface area (Å²) in [6.45, 7) is 4.28. The Morgan fingerprint density at radius 2 is 2.08 bits per heavy atom. The molecule has 2 heterocycles. The molecule has 0 radical (unpaired) electrons. The molecule has 1 aliphatic heterocycles. The van der Waals surface area contributed by atoms with Gasteiger partial charge in [-0.15, -0.1) is 0 Å². The van der Waals surface area contributed by atoms with E-state index < -0.39 is 0 Å². The molecule has 0 amide bonds. The van der Waals surface area contributed by atoms with Crippen LogP contribution in [0.5, 0.6) is 0 Å². The number of hydrogen-bond acceptors (Lipinski definition) is 7. The zero-order valence-electron chi connectivity index (χ0n) is 14.8. The fourth-order valence-corrected chi connectivity index (χ4v) is 3.48. The molecule has 7 heteroatoms. The fraction of sp³-hybridized carbons (Fsp3) is 0.722. The van der Waals surface area contributed by atoms with Crippen LogP contribution >= 0.6 is 0 Å². The van der Waals surface area contributed by atoms with Gasteiger partial charge >= 0.3 is 0 Å². The first-order chi connectivity index (χ1) is 12.3. The standard InChI is InChI=1S/C18H27N5O2/c1-2-25-16-7-5-14(6-8-16)22-18-20-11-13(10-19)17(23-18)21-15-4-3-9-24-12-15/h11,14-16H,2-9,12H2,1H3,(H2,20,21,22,23)/t14-,15-,16-/m1/s1. The van der Waals surface area contributed by atoms with Crippen LogP contribution in [-0.2, 0) is 9.47 Å². The molecule has 0 spiro atoms. The Hall–Kier alpha value is -1.91. The molecule has 3 rings (SSSR count). The molecule has 2 fully saturated rings. The van der Waals surface area contributed by atoms with Gasteiger partial charge in [0.05, 0.1) is 24.9 Å². The molecule has 0 aromatic carbocycles. The molecule has 1 aromatic heterocycles. The van der Waals surface area contributed by atoms with E-state index >= 15 is 0 Å². The third-order valence-electron chi connectivity index (χ3n) is 4.82. The van der Waals surface area contributed by atoms with Crippen LogP contribution in [0.2, 0.25) is 0 Å². The van der Waals surface area contributed by atoms with Crippen LogP contribution in [0.25, 0.3) is 0 Å². The maximum absolute atomic E-state index is 9.30. The second-order valence-electron chi connectivity index (χ2n) is 6.70. The third kappa shape index (κ3) is 5.03. The minimum atomic E-state index is 0.199. The quantitative estimate of drug-likeness (QED) is 0.819. The fourth-order valence-electron chi connectivity index (χ4n) is 3.48. The Balaban J connectivity index is 1.60. The first-order valence-corrected chi connectivity index (χ1v) is 9.28. The zero-order chi connectivity index (χ0) is 17.5. The lowest BCUT2D eigenvalue weighted by Gasteiger charge is -2.29. The molecule has 7 nitrogen and oxygen atoms in total. The van der Waals surface area contributed by atoms with Crippen LogP contribution in [0.3, 0.4) is 0 Å². The van der Waals surface area contributed by atoms with Crippen LogP contribution in [0.1, 0.15) is 51.0 Å². The summed E-state index contributed by atoms with van der Waals surface area (Å²) in [5.41, 5.74) is 0.469. The van der Waals surface area contributed by atoms with Gasteiger partial charge in [0.1, 0.15) is 17.5 Å². The molecule has 0 bridgehead atoms. The Kier molecular flexibility index (Phi) is 6.42. The van der Waals surface area contributed by atoms with Gasteiger partial charge < -0.3 is 20.1 Å². The maximum Gasteiger partial charge on any atom is 0.224 e. The predicted molar refractivity (Wildman–Crippen MR) is 95.5 cm³/mol. The number of nitriles is 1. The molecule has 1 atom stereocenters. The topological polar surface area (TPSA) is 92.1 Å². The lowest BCUT2D eigenvalue weighted by molar-refractivity contribution is 0.0346. The van der Waals surface area contributed by atoms with Gasteiger partial charge in [0.2, 0.25) is 5.95 Å². The van der Waals surface area contributed by atoms with Crippen molar-refractivity contribution in [2.75, 3.05) is 30.5 Å². The van der Waals surface area contributed by atoms with Crippen LogP contribution in [0.15, 0.2) is 6.20 Å². The summed E-state index contributed by atoms with van der Waals surface area (Å²) in [6, 6.07) is 2.72. The third-order valence-corrected chi connectivity index (χ3v) is 4.82. The number of aromatic nitrogens is 2. The molecule has 2 aliphatic rings. The summed E-state index contributed by atoms with van der Waals surface area (Å²) < 4.78 is 11.2. The molecule has 1 saturated carbocycles. The van der Waals surface area contributed by atoms with Crippen molar-refractivity contribution in [2.24, 2.45) is 0 Å². The van der Waals surface area contributed by atoms with Gasteiger partial charge in [0, 0.05) is 19.3 Å². The molecule has 2 N–H and O–H groups in total. The van der Waals surface area contributed by atoms with Gasteiger partial charge in [0.15, 0.2) is 0 Å². The highest BCUT2D eigenvalue weighted by atomic mass is 16.5. The van der Waals surface area contributed by atoms with Gasteiger partial charge in [-0.1, -0.05) is 0 Å². The van der Waals surface area contributed by atoms with Crippen LogP contribution in [0.4, 0.5) is 11.8 Å². The van der Waals surface area contributed by atoms with Crippen molar-refractivity contribution in [3.8, 4) is 6.07 Å². The average molecular weight is 345 g/mol. The first-order valence-electron chi connectivity index (χ1n) is 9.28. The highest BCUT2D eigenvalue weighted by Gasteiger charge is 2.22. The smallest absolute Gasteiger partial charge is 0.224 e. The largest absolute Gasteiger partial charge is 0.379 e. The maximum atomic E-state index is 9.30. The normalized spacial score (nSPS) is 26.6. The Morgan fingerprint density at radius 3 is 2.76 bits per heavy atom. The summed E-state index contributed by atoms with van der Waals surface area (Å²) in [5, 5.41) is 16.1. The summed E-state index contributed by atoms with van der Waals surface area (Å²) in [6.07, 6.45) is 8.25. The highest BCUT2D eigenvalue weighted by Crippen LogP contribution is 2.24. The zero-order valence-corrected chi connectivity index (χ0v) is 14.8. The second kappa shape index (κ2) is 8.97. The van der Waals surface area contributed by atoms with Gasteiger partial charge in [-0.25, -0.2) is 4.98 Å². The Bertz CT molecular complexity index is 590. The number of nitrogens with one attached hydrogen (secondary N) is 2. The number of anilines is 2. The van der Waals surface area contributed by atoms with Crippen molar-refractivity contribution in [3.63, 3.8) is 0 Å². The average Bonchev–Trinajstić information content (AvgIpc) is 2.65. The van der Waals surface area contributed by atoms with Crippen molar-refractivity contribution in [1.29, 1.82) is 5.26 Å². The second-order valence-corrected chi connectivity index (χ2v) is 6.70. The van der Waals surface area contributed by atoms with E-state index in [1.165, 1.54) is 0 Å². The Labute approximate surface area is 149 Å². The van der Waals surface area contributed by atoms with E-state index in [4.69, 9.17) is 9.47 Å². The molecule has 1 aromatic rings. The molecule has 0 unspecified atom stereocenters. The Morgan fingerprint density at radius 1 is 1.24 bits per heavy atom. The summed E-state index contributed by atoms with van der Waals surface area (Å²) in [5.74, 6) is 1.18. The van der Waals surface area contributed by atoms with Crippen molar-refractivity contribution >= 4 is 11.8 Å². The van der Waals surface area contributed by atoms with E-state index in [2.05, 4.69) is 26.7 Å². The van der Waals surface area contributed by atoms with Crippen molar-refractivity contribution in [1.82, 2.24) is 9.97 Å². The summed E-state index contributed by atoms with van der Waals surface area (Å²) in [4.78, 5) is 8.85. The van der Waals surface area contributed by atoms with E-state index in [0.717, 1.165) is 51.7 Å². The van der Waals surface area contributed by atoms with Crippen molar-refractivity contribution in [2.45, 2.75) is 63.6 Å². The van der Waals surface area contributed by atoms with Crippen LogP contribution < -0.4 is 10.6 Å². The SMILES string of the molecule is CCO[C@H]1CC[C@H](Nc2ncc(C#N)c(N[C@@H]3CCCOC3)n2)CC1. The van der Waals surface area contributed by atoms with E-state index in [1.807, 2.05) is 6.92 Å². The van der Waals surface area contributed by atoms with Crippen molar-refractivity contribution in [3.05, 3.63) is 11.8 Å². The molecule has 1 aliphatic carbocycles. The number of nitrogens with zero attached hydrogens (tertiary/aromatic N) is 3. The number of rotatable bonds is 6. The highest BCUT2D eigenvalue weighted by molar-refractivity contribution is 5.54. The van der Waals surface area contributed by atoms with E-state index in [1.54, 1.807) is 6.20 Å². The van der Waals surface area contributed by atoms with E-state index in [0.29, 0.717) is 36.1 Å². The summed E-state index contributed by atoms with van der Waals surface area (Å²) >= 11 is 0. The van der Waals surface area contributed by atoms with Gasteiger partial charge in [-0.3, -0.25) is 0 Å². The van der Waals surface area contributed by atoms with E-state index in [9.17, 15) is 5.26 Å². The van der Waals surface area contributed by atoms with Gasteiger partial charge in [-0.05, 0) is 45.4 Å². The lowest BCUT2D eigenvalue weighted by Crippen LogP contribution is -2.32. The van der Waals surface area contributed by atoms with Crippen LogP contribution in [0, 0.1) is 11.3 Å². The first kappa shape index (κ1) is 17.9. The van der Waals surface area contributed by atoms with Gasteiger partial charge in [-0.2, -0.15) is 10.2 Å². The molecule has 136 valence electrons. The summed E-state index contributed by atoms with van der Waals surface area (Å²) in [7, 11) is 0. The lowest BCUT2D eigenvalue weighted by atomic mass is 9.93. The molecule has 25 heavy (non-hydrogen) atoms. The van der Waals surface area contributed by atoms with Gasteiger partial charge in [0.25, 0.3) is 0 Å². The molecule has 1 saturated heterocycles. The monoisotopic (exact) mass is 345 g/mol. The predicted octanol–water partition coefficient (Wildman–Crippen LogP) is 2.70. The van der Waals surface area contributed by atoms with Crippen LogP contribution in [-0.4, -0.2) is 48.0 Å². The van der Waals surface area contributed by atoms with E-state index in [-0.39, 0.29) is 6.04 Å². The number of hydrogen-bond donors (Lipinski definition) is 2. The minimum absolute atomic E-state index is 0.199.